The fourth-order valence-corrected chi connectivity index (χ4v) is 2.37. The van der Waals surface area contributed by atoms with Gasteiger partial charge in [0.15, 0.2) is 0 Å². The zero-order chi connectivity index (χ0) is 15.9. The van der Waals surface area contributed by atoms with Crippen molar-refractivity contribution in [3.8, 4) is 5.75 Å². The van der Waals surface area contributed by atoms with Crippen LogP contribution in [0.1, 0.15) is 52.2 Å². The first-order valence-electron chi connectivity index (χ1n) is 8.02. The highest BCUT2D eigenvalue weighted by atomic mass is 16.5. The second kappa shape index (κ2) is 8.40. The van der Waals surface area contributed by atoms with E-state index in [4.69, 9.17) is 4.74 Å². The van der Waals surface area contributed by atoms with Crippen molar-refractivity contribution in [2.75, 3.05) is 19.8 Å². The largest absolute Gasteiger partial charge is 0.493 e. The molecule has 0 amide bonds. The van der Waals surface area contributed by atoms with E-state index in [0.29, 0.717) is 6.61 Å². The van der Waals surface area contributed by atoms with Gasteiger partial charge < -0.3 is 15.2 Å². The summed E-state index contributed by atoms with van der Waals surface area (Å²) in [5, 5.41) is 12.5. The zero-order valence-corrected chi connectivity index (χ0v) is 14.2. The molecular weight excluding hydrogens is 262 g/mol. The van der Waals surface area contributed by atoms with E-state index in [9.17, 15) is 5.11 Å². The van der Waals surface area contributed by atoms with E-state index in [-0.39, 0.29) is 18.1 Å². The predicted molar refractivity (Wildman–Crippen MR) is 89.2 cm³/mol. The summed E-state index contributed by atoms with van der Waals surface area (Å²) in [6, 6.07) is 6.59. The van der Waals surface area contributed by atoms with Crippen LogP contribution in [0, 0.1) is 0 Å². The van der Waals surface area contributed by atoms with E-state index in [2.05, 4.69) is 51.2 Å². The van der Waals surface area contributed by atoms with Crippen LogP contribution < -0.4 is 10.1 Å². The van der Waals surface area contributed by atoms with Crippen molar-refractivity contribution in [1.29, 1.82) is 0 Å². The third-order valence-corrected chi connectivity index (χ3v) is 3.70. The van der Waals surface area contributed by atoms with Crippen LogP contribution >= 0.6 is 0 Å². The third-order valence-electron chi connectivity index (χ3n) is 3.70. The molecule has 1 aromatic rings. The second-order valence-corrected chi connectivity index (χ2v) is 6.51. The van der Waals surface area contributed by atoms with Crippen LogP contribution in [0.2, 0.25) is 0 Å². The molecule has 1 aromatic carbocycles. The summed E-state index contributed by atoms with van der Waals surface area (Å²) in [6.07, 6.45) is 1.85. The molecule has 0 aliphatic rings. The van der Waals surface area contributed by atoms with Gasteiger partial charge in [-0.2, -0.15) is 0 Å². The Morgan fingerprint density at radius 3 is 2.48 bits per heavy atom. The van der Waals surface area contributed by atoms with Crippen molar-refractivity contribution in [3.63, 3.8) is 0 Å². The lowest BCUT2D eigenvalue weighted by Gasteiger charge is -2.24. The van der Waals surface area contributed by atoms with Crippen LogP contribution in [0.4, 0.5) is 0 Å². The summed E-state index contributed by atoms with van der Waals surface area (Å²) in [4.78, 5) is 0. The molecule has 0 saturated carbocycles. The van der Waals surface area contributed by atoms with Gasteiger partial charge in [-0.25, -0.2) is 0 Å². The number of hydrogen-bond donors (Lipinski definition) is 2. The number of hydrogen-bond acceptors (Lipinski definition) is 3. The third kappa shape index (κ3) is 5.68. The maximum atomic E-state index is 9.29. The molecule has 120 valence electrons. The van der Waals surface area contributed by atoms with Crippen LogP contribution in [0.3, 0.4) is 0 Å². The first-order valence-corrected chi connectivity index (χ1v) is 8.02. The number of benzene rings is 1. The van der Waals surface area contributed by atoms with Gasteiger partial charge in [0.1, 0.15) is 5.75 Å². The summed E-state index contributed by atoms with van der Waals surface area (Å²) in [7, 11) is 0. The van der Waals surface area contributed by atoms with E-state index in [0.717, 1.165) is 25.1 Å². The van der Waals surface area contributed by atoms with Crippen LogP contribution in [0.25, 0.3) is 0 Å². The molecule has 21 heavy (non-hydrogen) atoms. The first-order chi connectivity index (χ1) is 9.92. The number of aliphatic hydroxyl groups is 1. The molecule has 1 rings (SSSR count). The molecule has 0 fully saturated rings. The molecule has 2 N–H and O–H groups in total. The minimum atomic E-state index is 0.0680. The lowest BCUT2D eigenvalue weighted by molar-refractivity contribution is 0.209. The molecule has 3 nitrogen and oxygen atoms in total. The number of likely N-dealkylation sites (N-methyl/N-ethyl adjacent to an activating group) is 1. The molecule has 0 aliphatic heterocycles. The Kier molecular flexibility index (Phi) is 7.20. The lowest BCUT2D eigenvalue weighted by Crippen LogP contribution is -2.33. The van der Waals surface area contributed by atoms with Crippen LogP contribution in [0.5, 0.6) is 5.75 Å². The molecule has 1 unspecified atom stereocenters. The maximum absolute atomic E-state index is 9.29. The monoisotopic (exact) mass is 293 g/mol. The van der Waals surface area contributed by atoms with Crippen molar-refractivity contribution in [2.45, 2.75) is 58.9 Å². The molecule has 0 radical (unpaired) electrons. The van der Waals surface area contributed by atoms with Gasteiger partial charge in [-0.1, -0.05) is 46.8 Å². The van der Waals surface area contributed by atoms with E-state index in [1.165, 1.54) is 11.1 Å². The topological polar surface area (TPSA) is 41.5 Å². The van der Waals surface area contributed by atoms with Crippen LogP contribution in [-0.4, -0.2) is 30.9 Å². The molecule has 0 spiro atoms. The van der Waals surface area contributed by atoms with Gasteiger partial charge in [0.25, 0.3) is 0 Å². The van der Waals surface area contributed by atoms with E-state index < -0.39 is 0 Å². The molecule has 0 aliphatic carbocycles. The second-order valence-electron chi connectivity index (χ2n) is 6.51. The molecule has 0 bridgehead atoms. The summed E-state index contributed by atoms with van der Waals surface area (Å²) in [5.74, 6) is 0.966. The normalized spacial score (nSPS) is 13.2. The average Bonchev–Trinajstić information content (AvgIpc) is 2.45. The van der Waals surface area contributed by atoms with Gasteiger partial charge in [0.05, 0.1) is 13.2 Å². The van der Waals surface area contributed by atoms with Gasteiger partial charge in [-0.3, -0.25) is 0 Å². The molecule has 0 aromatic heterocycles. The molecule has 0 heterocycles. The Morgan fingerprint density at radius 1 is 1.24 bits per heavy atom. The van der Waals surface area contributed by atoms with Gasteiger partial charge in [0.2, 0.25) is 0 Å². The van der Waals surface area contributed by atoms with Gasteiger partial charge in [-0.05, 0) is 42.0 Å². The Balaban J connectivity index is 2.74. The average molecular weight is 293 g/mol. The summed E-state index contributed by atoms with van der Waals surface area (Å²) < 4.78 is 5.99. The van der Waals surface area contributed by atoms with Gasteiger partial charge >= 0.3 is 0 Å². The number of aryl methyl sites for hydroxylation is 1. The van der Waals surface area contributed by atoms with Crippen molar-refractivity contribution in [1.82, 2.24) is 5.32 Å². The van der Waals surface area contributed by atoms with E-state index in [1.54, 1.807) is 0 Å². The SMILES string of the molecule is CCNC(CO)CCOc1ccc(CC)cc1C(C)(C)C. The van der Waals surface area contributed by atoms with E-state index >= 15 is 0 Å². The maximum Gasteiger partial charge on any atom is 0.123 e. The standard InChI is InChI=1S/C18H31NO2/c1-6-14-8-9-17(16(12-14)18(3,4)5)21-11-10-15(13-20)19-7-2/h8-9,12,15,19-20H,6-7,10-11,13H2,1-5H3. The van der Waals surface area contributed by atoms with Crippen molar-refractivity contribution in [3.05, 3.63) is 29.3 Å². The van der Waals surface area contributed by atoms with Gasteiger partial charge in [-0.15, -0.1) is 0 Å². The lowest BCUT2D eigenvalue weighted by atomic mass is 9.85. The Bertz CT molecular complexity index is 424. The first kappa shape index (κ1) is 18.0. The number of ether oxygens (including phenoxy) is 1. The van der Waals surface area contributed by atoms with Crippen LogP contribution in [0.15, 0.2) is 18.2 Å². The highest BCUT2D eigenvalue weighted by molar-refractivity contribution is 5.41. The van der Waals surface area contributed by atoms with Gasteiger partial charge in [0, 0.05) is 6.04 Å². The Labute approximate surface area is 129 Å². The number of aliphatic hydroxyl groups excluding tert-OH is 1. The van der Waals surface area contributed by atoms with Crippen molar-refractivity contribution in [2.24, 2.45) is 0 Å². The van der Waals surface area contributed by atoms with Crippen LogP contribution in [-0.2, 0) is 11.8 Å². The fourth-order valence-electron chi connectivity index (χ4n) is 2.37. The smallest absolute Gasteiger partial charge is 0.123 e. The van der Waals surface area contributed by atoms with E-state index in [1.807, 2.05) is 6.92 Å². The highest BCUT2D eigenvalue weighted by Crippen LogP contribution is 2.32. The van der Waals surface area contributed by atoms with Crippen molar-refractivity contribution < 1.29 is 9.84 Å². The zero-order valence-electron chi connectivity index (χ0n) is 14.2. The molecular formula is C18H31NO2. The quantitative estimate of drug-likeness (QED) is 0.773. The minimum absolute atomic E-state index is 0.0680. The van der Waals surface area contributed by atoms with Crippen molar-refractivity contribution >= 4 is 0 Å². The number of nitrogens with one attached hydrogen (secondary N) is 1. The number of rotatable bonds is 8. The molecule has 3 heteroatoms. The highest BCUT2D eigenvalue weighted by Gasteiger charge is 2.19. The summed E-state index contributed by atoms with van der Waals surface area (Å²) >= 11 is 0. The Morgan fingerprint density at radius 2 is 1.95 bits per heavy atom. The fraction of sp³-hybridized carbons (Fsp3) is 0.667. The summed E-state index contributed by atoms with van der Waals surface area (Å²) in [6.45, 7) is 12.5. The molecule has 0 saturated heterocycles. The predicted octanol–water partition coefficient (Wildman–Crippen LogP) is 3.29. The molecule has 1 atom stereocenters. The summed E-state index contributed by atoms with van der Waals surface area (Å²) in [5.41, 5.74) is 2.66. The Hall–Kier alpha value is -1.06. The minimum Gasteiger partial charge on any atom is -0.493 e.